The Hall–Kier alpha value is -0.0800. The second-order valence-electron chi connectivity index (χ2n) is 7.01. The molecular weight excluding hydrogens is 208 g/mol. The fourth-order valence-corrected chi connectivity index (χ4v) is 4.63. The second kappa shape index (κ2) is 4.89. The Morgan fingerprint density at radius 3 is 1.94 bits per heavy atom. The molecule has 0 N–H and O–H groups in total. The molecule has 0 aromatic carbocycles. The second-order valence-corrected chi connectivity index (χ2v) is 7.01. The third-order valence-electron chi connectivity index (χ3n) is 5.40. The van der Waals surface area contributed by atoms with Crippen molar-refractivity contribution >= 4 is 0 Å². The molecule has 2 unspecified atom stereocenters. The van der Waals surface area contributed by atoms with Crippen LogP contribution in [0, 0.1) is 17.8 Å². The van der Waals surface area contributed by atoms with Crippen LogP contribution in [0.3, 0.4) is 0 Å². The van der Waals surface area contributed by atoms with Gasteiger partial charge in [-0.3, -0.25) is 4.90 Å². The van der Waals surface area contributed by atoms with Crippen molar-refractivity contribution in [2.45, 2.75) is 45.1 Å². The van der Waals surface area contributed by atoms with Crippen molar-refractivity contribution in [3.8, 4) is 0 Å². The van der Waals surface area contributed by atoms with E-state index in [1.165, 1.54) is 51.9 Å². The van der Waals surface area contributed by atoms with E-state index >= 15 is 0 Å². The first-order chi connectivity index (χ1) is 8.20. The quantitative estimate of drug-likeness (QED) is 0.690. The molecule has 98 valence electrons. The van der Waals surface area contributed by atoms with Gasteiger partial charge in [-0.15, -0.1) is 0 Å². The highest BCUT2D eigenvalue weighted by atomic mass is 15.3. The highest BCUT2D eigenvalue weighted by molar-refractivity contribution is 4.90. The molecule has 3 aliphatic rings. The van der Waals surface area contributed by atoms with E-state index in [0.29, 0.717) is 0 Å². The maximum absolute atomic E-state index is 2.80. The maximum atomic E-state index is 2.80. The summed E-state index contributed by atoms with van der Waals surface area (Å²) in [6, 6.07) is 0.931. The zero-order valence-electron chi connectivity index (χ0n) is 11.6. The fraction of sp³-hybridized carbons (Fsp3) is 1.00. The molecule has 2 atom stereocenters. The van der Waals surface area contributed by atoms with Crippen molar-refractivity contribution in [1.29, 1.82) is 0 Å². The molecule has 1 saturated heterocycles. The highest BCUT2D eigenvalue weighted by Gasteiger charge is 2.37. The Morgan fingerprint density at radius 1 is 0.765 bits per heavy atom. The zero-order chi connectivity index (χ0) is 11.8. The first-order valence-electron chi connectivity index (χ1n) is 7.63. The van der Waals surface area contributed by atoms with Crippen molar-refractivity contribution in [2.75, 3.05) is 33.2 Å². The van der Waals surface area contributed by atoms with Gasteiger partial charge in [0.05, 0.1) is 0 Å². The average Bonchev–Trinajstić information content (AvgIpc) is 2.28. The zero-order valence-corrected chi connectivity index (χ0v) is 11.6. The summed E-state index contributed by atoms with van der Waals surface area (Å²) >= 11 is 0. The van der Waals surface area contributed by atoms with Crippen LogP contribution >= 0.6 is 0 Å². The lowest BCUT2D eigenvalue weighted by Crippen LogP contribution is -2.51. The average molecular weight is 236 g/mol. The molecule has 0 spiro atoms. The Bertz CT molecular complexity index is 240. The van der Waals surface area contributed by atoms with Crippen molar-refractivity contribution in [3.63, 3.8) is 0 Å². The van der Waals surface area contributed by atoms with Gasteiger partial charge in [-0.05, 0) is 56.9 Å². The van der Waals surface area contributed by atoms with Gasteiger partial charge < -0.3 is 4.90 Å². The van der Waals surface area contributed by atoms with Gasteiger partial charge in [-0.25, -0.2) is 0 Å². The van der Waals surface area contributed by atoms with E-state index in [2.05, 4.69) is 23.8 Å². The first-order valence-corrected chi connectivity index (χ1v) is 7.63. The highest BCUT2D eigenvalue weighted by Crippen LogP contribution is 2.43. The minimum atomic E-state index is 0.931. The molecule has 1 heterocycles. The molecule has 2 saturated carbocycles. The lowest BCUT2D eigenvalue weighted by Gasteiger charge is -2.47. The van der Waals surface area contributed by atoms with Gasteiger partial charge in [0.1, 0.15) is 0 Å². The third kappa shape index (κ3) is 2.68. The SMILES string of the molecule is CC1CC2CC(C1)CC(N1CCN(C)CC1)C2. The van der Waals surface area contributed by atoms with Crippen molar-refractivity contribution < 1.29 is 0 Å². The Morgan fingerprint density at radius 2 is 1.35 bits per heavy atom. The van der Waals surface area contributed by atoms with Gasteiger partial charge >= 0.3 is 0 Å². The third-order valence-corrected chi connectivity index (χ3v) is 5.40. The van der Waals surface area contributed by atoms with E-state index in [9.17, 15) is 0 Å². The van der Waals surface area contributed by atoms with Crippen LogP contribution in [-0.2, 0) is 0 Å². The molecule has 2 heteroatoms. The number of nitrogens with zero attached hydrogens (tertiary/aromatic N) is 2. The van der Waals surface area contributed by atoms with Crippen LogP contribution in [0.15, 0.2) is 0 Å². The van der Waals surface area contributed by atoms with Gasteiger partial charge in [0.2, 0.25) is 0 Å². The molecule has 17 heavy (non-hydrogen) atoms. The van der Waals surface area contributed by atoms with Gasteiger partial charge in [0, 0.05) is 32.2 Å². The molecule has 2 nitrogen and oxygen atoms in total. The maximum Gasteiger partial charge on any atom is 0.0113 e. The van der Waals surface area contributed by atoms with E-state index in [1.54, 1.807) is 6.42 Å². The smallest absolute Gasteiger partial charge is 0.0113 e. The lowest BCUT2D eigenvalue weighted by atomic mass is 9.66. The number of rotatable bonds is 1. The minimum Gasteiger partial charge on any atom is -0.304 e. The molecule has 2 bridgehead atoms. The van der Waals surface area contributed by atoms with Crippen LogP contribution in [0.5, 0.6) is 0 Å². The number of hydrogen-bond acceptors (Lipinski definition) is 2. The summed E-state index contributed by atoms with van der Waals surface area (Å²) in [5.41, 5.74) is 0. The molecule has 3 fully saturated rings. The summed E-state index contributed by atoms with van der Waals surface area (Å²) in [5, 5.41) is 0. The van der Waals surface area contributed by atoms with Crippen molar-refractivity contribution in [2.24, 2.45) is 17.8 Å². The topological polar surface area (TPSA) is 6.48 Å². The van der Waals surface area contributed by atoms with Crippen LogP contribution in [0.4, 0.5) is 0 Å². The molecule has 0 aromatic heterocycles. The summed E-state index contributed by atoms with van der Waals surface area (Å²) in [7, 11) is 2.26. The van der Waals surface area contributed by atoms with E-state index in [-0.39, 0.29) is 0 Å². The summed E-state index contributed by atoms with van der Waals surface area (Å²) in [6.07, 6.45) is 7.59. The van der Waals surface area contributed by atoms with Crippen LogP contribution in [-0.4, -0.2) is 49.1 Å². The van der Waals surface area contributed by atoms with Crippen molar-refractivity contribution in [3.05, 3.63) is 0 Å². The molecule has 0 aromatic rings. The predicted octanol–water partition coefficient (Wildman–Crippen LogP) is 2.45. The lowest BCUT2D eigenvalue weighted by molar-refractivity contribution is 0.0309. The Kier molecular flexibility index (Phi) is 3.45. The van der Waals surface area contributed by atoms with E-state index in [1.807, 2.05) is 0 Å². The predicted molar refractivity (Wildman–Crippen MR) is 72.1 cm³/mol. The number of hydrogen-bond donors (Lipinski definition) is 0. The Labute approximate surface area is 106 Å². The molecule has 0 radical (unpaired) electrons. The summed E-state index contributed by atoms with van der Waals surface area (Å²) in [4.78, 5) is 5.28. The minimum absolute atomic E-state index is 0.931. The van der Waals surface area contributed by atoms with Gasteiger partial charge in [0.25, 0.3) is 0 Å². The number of likely N-dealkylation sites (N-methyl/N-ethyl adjacent to an activating group) is 1. The molecular formula is C15H28N2. The molecule has 0 amide bonds. The van der Waals surface area contributed by atoms with E-state index in [4.69, 9.17) is 0 Å². The Balaban J connectivity index is 1.58. The summed E-state index contributed by atoms with van der Waals surface area (Å²) < 4.78 is 0. The van der Waals surface area contributed by atoms with E-state index in [0.717, 1.165) is 23.8 Å². The van der Waals surface area contributed by atoms with Crippen molar-refractivity contribution in [1.82, 2.24) is 9.80 Å². The number of fused-ring (bicyclic) bond motifs is 2. The van der Waals surface area contributed by atoms with Gasteiger partial charge in [-0.2, -0.15) is 0 Å². The number of piperazine rings is 1. The van der Waals surface area contributed by atoms with Crippen LogP contribution in [0.25, 0.3) is 0 Å². The van der Waals surface area contributed by atoms with Gasteiger partial charge in [0.15, 0.2) is 0 Å². The molecule has 2 aliphatic carbocycles. The van der Waals surface area contributed by atoms with Crippen LogP contribution in [0.2, 0.25) is 0 Å². The first kappa shape index (κ1) is 12.0. The van der Waals surface area contributed by atoms with Gasteiger partial charge in [-0.1, -0.05) is 6.92 Å². The summed E-state index contributed by atoms with van der Waals surface area (Å²) in [6.45, 7) is 7.66. The molecule has 1 aliphatic heterocycles. The summed E-state index contributed by atoms with van der Waals surface area (Å²) in [5.74, 6) is 3.12. The fourth-order valence-electron chi connectivity index (χ4n) is 4.63. The largest absolute Gasteiger partial charge is 0.304 e. The van der Waals surface area contributed by atoms with Crippen LogP contribution in [0.1, 0.15) is 39.0 Å². The monoisotopic (exact) mass is 236 g/mol. The molecule has 3 rings (SSSR count). The standard InChI is InChI=1S/C15H28N2/c1-12-7-13-9-14(8-12)11-15(10-13)17-5-3-16(2)4-6-17/h12-15H,3-11H2,1-2H3. The normalized spacial score (nSPS) is 44.8. The van der Waals surface area contributed by atoms with E-state index < -0.39 is 0 Å². The van der Waals surface area contributed by atoms with Crippen LogP contribution < -0.4 is 0 Å².